The summed E-state index contributed by atoms with van der Waals surface area (Å²) in [7, 11) is 0. The summed E-state index contributed by atoms with van der Waals surface area (Å²) in [5.74, 6) is -6.32. The van der Waals surface area contributed by atoms with E-state index in [1.807, 2.05) is 24.3 Å². The number of aliphatic carboxylic acids is 3. The Morgan fingerprint density at radius 2 is 1.18 bits per heavy atom. The Kier molecular flexibility index (Phi) is 27.7. The molecule has 23 nitrogen and oxygen atoms in total. The maximum Gasteiger partial charge on any atom is 0.326 e. The van der Waals surface area contributed by atoms with E-state index in [0.717, 1.165) is 15.6 Å². The van der Waals surface area contributed by atoms with E-state index in [1.54, 1.807) is 47.4 Å². The number of urea groups is 1. The monoisotopic (exact) mass is 1090 g/mol. The molecule has 24 heteroatoms. The van der Waals surface area contributed by atoms with Gasteiger partial charge in [-0.25, -0.2) is 14.4 Å². The van der Waals surface area contributed by atoms with Gasteiger partial charge in [0.15, 0.2) is 0 Å². The molecular formula is C50H65BrN10O13. The van der Waals surface area contributed by atoms with Crippen LogP contribution in [-0.4, -0.2) is 129 Å². The maximum atomic E-state index is 13.8. The number of aromatic hydroxyl groups is 1. The van der Waals surface area contributed by atoms with Crippen molar-refractivity contribution < 1.29 is 63.6 Å². The number of benzene rings is 3. The highest BCUT2D eigenvalue weighted by Gasteiger charge is 2.28. The Hall–Kier alpha value is -7.72. The lowest BCUT2D eigenvalue weighted by molar-refractivity contribution is -0.141. The second kappa shape index (κ2) is 33.8. The predicted octanol–water partition coefficient (Wildman–Crippen LogP) is 4.45. The van der Waals surface area contributed by atoms with E-state index in [9.17, 15) is 58.5 Å². The van der Waals surface area contributed by atoms with Gasteiger partial charge >= 0.3 is 23.9 Å². The topological polar surface area (TPSA) is 359 Å². The van der Waals surface area contributed by atoms with Crippen molar-refractivity contribution in [3.8, 4) is 5.75 Å². The number of carbonyl (C=O) groups excluding carboxylic acids is 6. The highest BCUT2D eigenvalue weighted by Crippen LogP contribution is 2.16. The van der Waals surface area contributed by atoms with Gasteiger partial charge in [-0.3, -0.25) is 28.8 Å². The van der Waals surface area contributed by atoms with Crippen molar-refractivity contribution in [2.24, 2.45) is 5.11 Å². The van der Waals surface area contributed by atoms with Crippen molar-refractivity contribution in [2.75, 3.05) is 26.2 Å². The molecule has 0 saturated carbocycles. The van der Waals surface area contributed by atoms with Crippen LogP contribution in [0.5, 0.6) is 5.75 Å². The number of amides is 7. The van der Waals surface area contributed by atoms with Crippen molar-refractivity contribution in [1.29, 1.82) is 0 Å². The van der Waals surface area contributed by atoms with Crippen molar-refractivity contribution in [2.45, 2.75) is 121 Å². The summed E-state index contributed by atoms with van der Waals surface area (Å²) < 4.78 is 0.852. The highest BCUT2D eigenvalue weighted by molar-refractivity contribution is 9.10. The normalized spacial score (nSPS) is 12.3. The molecular weight excluding hydrogens is 1030 g/mol. The molecule has 4 atom stereocenters. The minimum absolute atomic E-state index is 0.0239. The van der Waals surface area contributed by atoms with Crippen LogP contribution < -0.4 is 31.9 Å². The molecule has 0 unspecified atom stereocenters. The van der Waals surface area contributed by atoms with Gasteiger partial charge in [0.05, 0.1) is 0 Å². The first kappa shape index (κ1) is 60.6. The Bertz CT molecular complexity index is 2370. The number of nitrogens with zero attached hydrogens (tertiary/aromatic N) is 4. The van der Waals surface area contributed by atoms with E-state index >= 15 is 0 Å². The van der Waals surface area contributed by atoms with Crippen LogP contribution in [0.2, 0.25) is 0 Å². The van der Waals surface area contributed by atoms with E-state index in [2.05, 4.69) is 57.9 Å². The number of phenols is 1. The van der Waals surface area contributed by atoms with Crippen LogP contribution in [0.25, 0.3) is 10.4 Å². The molecule has 0 fully saturated rings. The molecule has 0 aliphatic carbocycles. The standard InChI is InChI=1S/C50H65BrN10O13/c51-36-18-14-35(15-19-36)32-61(29-8-6-12-38(48(70)71)58-50(74)59-39(49(72)73)22-25-45(66)67)44(65)13-5-2-7-26-53-42(63)23-24-43(64)56-41(30-33-10-3-1-4-11-33)47(69)57-40(31-34-16-20-37(62)21-17-34)46(68)54-27-9-28-55-60-52/h1,3-4,10-11,14-21,38-41,62H,2,5-9,12-13,22-32H2,(H,53,63)(H,54,68)(H,56,64)(H,57,69)(H,66,67)(H,70,71)(H,72,73)(H2,58,59,74)/t38-,39-,40+,41+/m0/s1. The summed E-state index contributed by atoms with van der Waals surface area (Å²) >= 11 is 3.40. The third kappa shape index (κ3) is 25.1. The van der Waals surface area contributed by atoms with E-state index in [1.165, 1.54) is 12.1 Å². The number of hydrogen-bond donors (Lipinski definition) is 10. The molecule has 74 heavy (non-hydrogen) atoms. The maximum absolute atomic E-state index is 13.8. The number of nitrogens with one attached hydrogen (secondary N) is 6. The molecule has 3 rings (SSSR count). The number of unbranched alkanes of at least 4 members (excludes halogenated alkanes) is 3. The number of rotatable bonds is 35. The lowest BCUT2D eigenvalue weighted by Crippen LogP contribution is -2.55. The first-order chi connectivity index (χ1) is 35.4. The molecule has 0 heterocycles. The van der Waals surface area contributed by atoms with Crippen molar-refractivity contribution in [1.82, 2.24) is 36.8 Å². The number of carboxylic acid groups (broad SMARTS) is 3. The van der Waals surface area contributed by atoms with E-state index in [-0.39, 0.29) is 89.3 Å². The lowest BCUT2D eigenvalue weighted by atomic mass is 10.0. The largest absolute Gasteiger partial charge is 0.508 e. The number of azide groups is 1. The van der Waals surface area contributed by atoms with Crippen molar-refractivity contribution in [3.05, 3.63) is 110 Å². The highest BCUT2D eigenvalue weighted by atomic mass is 79.9. The quantitative estimate of drug-likeness (QED) is 0.0169. The minimum atomic E-state index is -1.54. The number of carboxylic acids is 3. The molecule has 3 aromatic rings. The molecule has 0 aliphatic heterocycles. The minimum Gasteiger partial charge on any atom is -0.508 e. The van der Waals surface area contributed by atoms with Gasteiger partial charge in [-0.1, -0.05) is 82.1 Å². The van der Waals surface area contributed by atoms with Crippen LogP contribution in [0.1, 0.15) is 93.7 Å². The zero-order valence-corrected chi connectivity index (χ0v) is 42.5. The molecule has 0 aliphatic rings. The molecule has 0 radical (unpaired) electrons. The summed E-state index contributed by atoms with van der Waals surface area (Å²) in [4.78, 5) is 118. The van der Waals surface area contributed by atoms with Crippen molar-refractivity contribution in [3.63, 3.8) is 0 Å². The Labute approximate surface area is 436 Å². The zero-order valence-electron chi connectivity index (χ0n) is 40.9. The molecule has 3 aromatic carbocycles. The van der Waals surface area contributed by atoms with Gasteiger partial charge in [-0.2, -0.15) is 0 Å². The lowest BCUT2D eigenvalue weighted by Gasteiger charge is -2.24. The third-order valence-electron chi connectivity index (χ3n) is 11.4. The van der Waals surface area contributed by atoms with Gasteiger partial charge in [0.1, 0.15) is 29.9 Å². The van der Waals surface area contributed by atoms with Crippen LogP contribution in [0, 0.1) is 0 Å². The predicted molar refractivity (Wildman–Crippen MR) is 273 cm³/mol. The fourth-order valence-corrected chi connectivity index (χ4v) is 7.64. The average Bonchev–Trinajstić information content (AvgIpc) is 3.36. The summed E-state index contributed by atoms with van der Waals surface area (Å²) in [6, 6.07) is 16.3. The fraction of sp³-hybridized carbons (Fsp3) is 0.460. The molecule has 7 amide bonds. The smallest absolute Gasteiger partial charge is 0.326 e. The Morgan fingerprint density at radius 1 is 0.581 bits per heavy atom. The number of halogens is 1. The van der Waals surface area contributed by atoms with E-state index < -0.39 is 84.6 Å². The van der Waals surface area contributed by atoms with Crippen LogP contribution in [0.15, 0.2) is 88.4 Å². The van der Waals surface area contributed by atoms with Crippen LogP contribution in [-0.2, 0) is 57.7 Å². The first-order valence-corrected chi connectivity index (χ1v) is 25.0. The molecule has 10 N–H and O–H groups in total. The molecule has 400 valence electrons. The molecule has 0 bridgehead atoms. The second-order valence-corrected chi connectivity index (χ2v) is 18.2. The van der Waals surface area contributed by atoms with E-state index in [4.69, 9.17) is 10.6 Å². The molecule has 0 aromatic heterocycles. The van der Waals surface area contributed by atoms with Crippen LogP contribution >= 0.6 is 15.9 Å². The van der Waals surface area contributed by atoms with Crippen LogP contribution in [0.4, 0.5) is 4.79 Å². The molecule has 0 spiro atoms. The Balaban J connectivity index is 1.49. The summed E-state index contributed by atoms with van der Waals surface area (Å²) in [6.07, 6.45) is 1.62. The van der Waals surface area contributed by atoms with Gasteiger partial charge in [0, 0.05) is 80.6 Å². The number of carbonyl (C=O) groups is 9. The second-order valence-electron chi connectivity index (χ2n) is 17.3. The SMILES string of the molecule is [N-]=[N+]=NCCCNC(=O)[C@@H](Cc1ccc(O)cc1)NC(=O)[C@@H](Cc1ccccc1)NC(=O)CCC(=O)NCCCCCC(=O)N(CCCC[C@H](NC(=O)N[C@@H](CCC(=O)O)C(=O)O)C(=O)O)Cc1ccc(Br)cc1. The van der Waals surface area contributed by atoms with E-state index in [0.29, 0.717) is 37.7 Å². The first-order valence-electron chi connectivity index (χ1n) is 24.2. The summed E-state index contributed by atoms with van der Waals surface area (Å²) in [6.45, 7) is 1.17. The van der Waals surface area contributed by atoms with Gasteiger partial charge in [-0.05, 0) is 91.4 Å². The molecule has 0 saturated heterocycles. The Morgan fingerprint density at radius 3 is 1.81 bits per heavy atom. The van der Waals surface area contributed by atoms with Gasteiger partial charge < -0.3 is 57.2 Å². The average molecular weight is 1090 g/mol. The fourth-order valence-electron chi connectivity index (χ4n) is 7.38. The zero-order chi connectivity index (χ0) is 54.3. The number of phenolic OH excluding ortho intramolecular Hbond substituents is 1. The van der Waals surface area contributed by atoms with Gasteiger partial charge in [-0.15, -0.1) is 0 Å². The van der Waals surface area contributed by atoms with Gasteiger partial charge in [0.25, 0.3) is 0 Å². The van der Waals surface area contributed by atoms with Gasteiger partial charge in [0.2, 0.25) is 29.5 Å². The van der Waals surface area contributed by atoms with Crippen molar-refractivity contribution >= 4 is 69.4 Å². The summed E-state index contributed by atoms with van der Waals surface area (Å²) in [5.41, 5.74) is 10.8. The van der Waals surface area contributed by atoms with Crippen LogP contribution in [0.3, 0.4) is 0 Å². The number of hydrogen-bond acceptors (Lipinski definition) is 11. The third-order valence-corrected chi connectivity index (χ3v) is 11.9. The summed E-state index contributed by atoms with van der Waals surface area (Å²) in [5, 5.41) is 56.4.